The number of fused-ring (bicyclic) bond motifs is 1. The van der Waals surface area contributed by atoms with E-state index in [-0.39, 0.29) is 23.2 Å². The van der Waals surface area contributed by atoms with Crippen molar-refractivity contribution in [3.8, 4) is 6.07 Å². The zero-order valence-electron chi connectivity index (χ0n) is 17.8. The number of aromatic nitrogens is 3. The fraction of sp³-hybridized carbons (Fsp3) is 0.600. The molecule has 0 atom stereocenters. The minimum atomic E-state index is -3.18. The zero-order valence-corrected chi connectivity index (χ0v) is 18.6. The zero-order chi connectivity index (χ0) is 22.2. The van der Waals surface area contributed by atoms with E-state index < -0.39 is 10.0 Å². The number of anilines is 1. The van der Waals surface area contributed by atoms with E-state index >= 15 is 0 Å². The monoisotopic (exact) mass is 445 g/mol. The summed E-state index contributed by atoms with van der Waals surface area (Å²) in [6.07, 6.45) is 5.81. The summed E-state index contributed by atoms with van der Waals surface area (Å²) in [5.74, 6) is 0.413. The first-order valence-corrected chi connectivity index (χ1v) is 12.3. The molecule has 0 saturated carbocycles. The van der Waals surface area contributed by atoms with E-state index in [0.717, 1.165) is 25.9 Å². The summed E-state index contributed by atoms with van der Waals surface area (Å²) < 4.78 is 26.6. The Balaban J connectivity index is 1.63. The largest absolute Gasteiger partial charge is 0.351 e. The van der Waals surface area contributed by atoms with Crippen LogP contribution in [-0.2, 0) is 10.0 Å². The van der Waals surface area contributed by atoms with Crippen LogP contribution in [0.3, 0.4) is 0 Å². The van der Waals surface area contributed by atoms with Crippen molar-refractivity contribution >= 4 is 27.0 Å². The van der Waals surface area contributed by atoms with Crippen molar-refractivity contribution < 1.29 is 8.42 Å². The molecule has 4 rings (SSSR count). The lowest BCUT2D eigenvalue weighted by Crippen LogP contribution is -2.42. The first-order chi connectivity index (χ1) is 14.8. The number of likely N-dealkylation sites (tertiary alicyclic amines) is 1. The van der Waals surface area contributed by atoms with Crippen LogP contribution in [0.4, 0.5) is 5.95 Å². The molecule has 2 aliphatic rings. The van der Waals surface area contributed by atoms with Crippen molar-refractivity contribution in [2.45, 2.75) is 37.8 Å². The molecule has 2 fully saturated rings. The molecule has 0 amide bonds. The highest BCUT2D eigenvalue weighted by Gasteiger charge is 2.26. The Morgan fingerprint density at radius 2 is 1.84 bits per heavy atom. The number of hydrogen-bond acceptors (Lipinski definition) is 8. The number of rotatable bonds is 4. The van der Waals surface area contributed by atoms with Gasteiger partial charge in [0.05, 0.1) is 6.26 Å². The average Bonchev–Trinajstić information content (AvgIpc) is 2.74. The van der Waals surface area contributed by atoms with Crippen LogP contribution in [0.15, 0.2) is 17.1 Å². The molecule has 10 nitrogen and oxygen atoms in total. The fourth-order valence-electron chi connectivity index (χ4n) is 4.38. The van der Waals surface area contributed by atoms with Gasteiger partial charge >= 0.3 is 0 Å². The lowest BCUT2D eigenvalue weighted by molar-refractivity contribution is 0.221. The maximum atomic E-state index is 13.0. The molecule has 2 saturated heterocycles. The number of nitrogens with one attached hydrogen (secondary N) is 1. The molecule has 2 aliphatic heterocycles. The van der Waals surface area contributed by atoms with Gasteiger partial charge in [0, 0.05) is 36.8 Å². The summed E-state index contributed by atoms with van der Waals surface area (Å²) in [6, 6.07) is 3.60. The van der Waals surface area contributed by atoms with Crippen LogP contribution in [0.2, 0.25) is 0 Å². The molecule has 0 aromatic carbocycles. The molecular weight excluding hydrogens is 418 g/mol. The topological polar surface area (TPSA) is 124 Å². The molecule has 1 N–H and O–H groups in total. The number of piperidine rings is 2. The summed E-state index contributed by atoms with van der Waals surface area (Å²) in [5.41, 5.74) is 0.323. The van der Waals surface area contributed by atoms with Crippen molar-refractivity contribution in [3.63, 3.8) is 0 Å². The molecule has 0 aliphatic carbocycles. The van der Waals surface area contributed by atoms with Gasteiger partial charge in [-0.25, -0.2) is 17.7 Å². The molecule has 0 radical (unpaired) electrons. The van der Waals surface area contributed by atoms with Crippen LogP contribution in [-0.4, -0.2) is 77.7 Å². The van der Waals surface area contributed by atoms with E-state index in [0.29, 0.717) is 42.9 Å². The highest BCUT2D eigenvalue weighted by Crippen LogP contribution is 2.25. The molecule has 166 valence electrons. The number of sulfonamides is 1. The average molecular weight is 446 g/mol. The quantitative estimate of drug-likeness (QED) is 0.732. The molecule has 0 spiro atoms. The fourth-order valence-corrected chi connectivity index (χ4v) is 5.25. The van der Waals surface area contributed by atoms with Gasteiger partial charge in [0.15, 0.2) is 0 Å². The van der Waals surface area contributed by atoms with E-state index in [4.69, 9.17) is 0 Å². The highest BCUT2D eigenvalue weighted by atomic mass is 32.2. The SMILES string of the molecule is CN1CCC(n2c(=O)c(C#N)cc3cnc(NC4CCN(S(C)(=O)=O)CC4)nc32)CC1. The summed E-state index contributed by atoms with van der Waals surface area (Å²) in [7, 11) is -1.12. The van der Waals surface area contributed by atoms with Crippen molar-refractivity contribution in [3.05, 3.63) is 28.2 Å². The van der Waals surface area contributed by atoms with Gasteiger partial charge in [0.1, 0.15) is 17.3 Å². The molecular formula is C20H27N7O3S. The van der Waals surface area contributed by atoms with E-state index in [1.807, 2.05) is 6.07 Å². The summed E-state index contributed by atoms with van der Waals surface area (Å²) >= 11 is 0. The van der Waals surface area contributed by atoms with Gasteiger partial charge in [0.2, 0.25) is 16.0 Å². The minimum absolute atomic E-state index is 0.0137. The summed E-state index contributed by atoms with van der Waals surface area (Å²) in [5, 5.41) is 13.4. The maximum absolute atomic E-state index is 13.0. The Labute approximate surface area is 181 Å². The van der Waals surface area contributed by atoms with Crippen molar-refractivity contribution in [2.24, 2.45) is 0 Å². The summed E-state index contributed by atoms with van der Waals surface area (Å²) in [4.78, 5) is 24.3. The van der Waals surface area contributed by atoms with Crippen LogP contribution in [0.1, 0.15) is 37.3 Å². The lowest BCUT2D eigenvalue weighted by atomic mass is 10.0. The van der Waals surface area contributed by atoms with Crippen LogP contribution >= 0.6 is 0 Å². The predicted molar refractivity (Wildman–Crippen MR) is 117 cm³/mol. The van der Waals surface area contributed by atoms with Gasteiger partial charge in [-0.2, -0.15) is 10.2 Å². The van der Waals surface area contributed by atoms with E-state index in [9.17, 15) is 18.5 Å². The Hall–Kier alpha value is -2.55. The third-order valence-electron chi connectivity index (χ3n) is 6.20. The van der Waals surface area contributed by atoms with Gasteiger partial charge in [-0.3, -0.25) is 9.36 Å². The molecule has 11 heteroatoms. The van der Waals surface area contributed by atoms with Crippen LogP contribution in [0.25, 0.3) is 11.0 Å². The standard InChI is InChI=1S/C20H27N7O3S/c1-25-7-5-17(6-8-25)27-18-15(11-14(12-21)19(27)28)13-22-20(24-18)23-16-3-9-26(10-4-16)31(2,29)30/h11,13,16-17H,3-10H2,1-2H3,(H,22,23,24). The molecule has 2 aromatic heterocycles. The minimum Gasteiger partial charge on any atom is -0.351 e. The normalized spacial score (nSPS) is 20.0. The van der Waals surface area contributed by atoms with Gasteiger partial charge in [-0.1, -0.05) is 0 Å². The Morgan fingerprint density at radius 1 is 1.16 bits per heavy atom. The smallest absolute Gasteiger partial charge is 0.270 e. The maximum Gasteiger partial charge on any atom is 0.270 e. The molecule has 0 unspecified atom stereocenters. The second-order valence-corrected chi connectivity index (χ2v) is 10.4. The van der Waals surface area contributed by atoms with Crippen molar-refractivity contribution in [1.29, 1.82) is 5.26 Å². The van der Waals surface area contributed by atoms with Crippen molar-refractivity contribution in [1.82, 2.24) is 23.7 Å². The first kappa shape index (κ1) is 21.7. The predicted octanol–water partition coefficient (Wildman–Crippen LogP) is 0.766. The second-order valence-electron chi connectivity index (χ2n) is 8.43. The lowest BCUT2D eigenvalue weighted by Gasteiger charge is -2.31. The Morgan fingerprint density at radius 3 is 2.45 bits per heavy atom. The van der Waals surface area contributed by atoms with Gasteiger partial charge < -0.3 is 10.2 Å². The Bertz CT molecular complexity index is 1170. The van der Waals surface area contributed by atoms with E-state index in [2.05, 4.69) is 27.2 Å². The van der Waals surface area contributed by atoms with Gasteiger partial charge in [-0.05, 0) is 51.9 Å². The van der Waals surface area contributed by atoms with E-state index in [1.165, 1.54) is 10.6 Å². The molecule has 4 heterocycles. The highest BCUT2D eigenvalue weighted by molar-refractivity contribution is 7.88. The van der Waals surface area contributed by atoms with Gasteiger partial charge in [-0.15, -0.1) is 0 Å². The van der Waals surface area contributed by atoms with Crippen molar-refractivity contribution in [2.75, 3.05) is 44.8 Å². The first-order valence-electron chi connectivity index (χ1n) is 10.5. The summed E-state index contributed by atoms with van der Waals surface area (Å²) in [6.45, 7) is 2.67. The van der Waals surface area contributed by atoms with Crippen LogP contribution in [0.5, 0.6) is 0 Å². The Kier molecular flexibility index (Phi) is 5.96. The third kappa shape index (κ3) is 4.56. The second kappa shape index (κ2) is 8.53. The van der Waals surface area contributed by atoms with Crippen LogP contribution < -0.4 is 10.9 Å². The number of hydrogen-bond donors (Lipinski definition) is 1. The number of pyridine rings is 1. The van der Waals surface area contributed by atoms with Crippen LogP contribution in [0, 0.1) is 11.3 Å². The van der Waals surface area contributed by atoms with Gasteiger partial charge in [0.25, 0.3) is 5.56 Å². The molecule has 2 aromatic rings. The third-order valence-corrected chi connectivity index (χ3v) is 7.51. The molecule has 31 heavy (non-hydrogen) atoms. The number of nitriles is 1. The number of nitrogens with zero attached hydrogens (tertiary/aromatic N) is 6. The molecule has 0 bridgehead atoms. The van der Waals surface area contributed by atoms with E-state index in [1.54, 1.807) is 16.8 Å².